The zero-order valence-corrected chi connectivity index (χ0v) is 18.1. The van der Waals surface area contributed by atoms with Crippen molar-refractivity contribution in [2.75, 3.05) is 13.1 Å². The van der Waals surface area contributed by atoms with Gasteiger partial charge >= 0.3 is 0 Å². The molecule has 0 amide bonds. The summed E-state index contributed by atoms with van der Waals surface area (Å²) in [6.07, 6.45) is 3.86. The van der Waals surface area contributed by atoms with Gasteiger partial charge < -0.3 is 5.32 Å². The highest BCUT2D eigenvalue weighted by molar-refractivity contribution is 5.63. The van der Waals surface area contributed by atoms with E-state index in [9.17, 15) is 0 Å². The standard InChI is InChI=1S/C27H29N5/c1-3-8-21(9-4-1)22-12-14-24(15-13-22)27-25(19-29-31-27)18-28-26(20-32-17-7-16-30-32)23-10-5-2-6-11-23/h1-17,25-29,31H,18-20H2. The molecule has 0 saturated carbocycles. The van der Waals surface area contributed by atoms with Crippen LogP contribution in [0.4, 0.5) is 0 Å². The molecule has 5 heteroatoms. The van der Waals surface area contributed by atoms with E-state index in [2.05, 4.69) is 106 Å². The van der Waals surface area contributed by atoms with Crippen LogP contribution in [0.25, 0.3) is 11.1 Å². The topological polar surface area (TPSA) is 53.9 Å². The second-order valence-corrected chi connectivity index (χ2v) is 8.35. The molecule has 1 fully saturated rings. The molecule has 3 unspecified atom stereocenters. The minimum absolute atomic E-state index is 0.206. The monoisotopic (exact) mass is 423 g/mol. The van der Waals surface area contributed by atoms with Gasteiger partial charge in [0, 0.05) is 31.4 Å². The van der Waals surface area contributed by atoms with Gasteiger partial charge in [0.2, 0.25) is 0 Å². The number of hydrazine groups is 1. The Morgan fingerprint density at radius 1 is 0.875 bits per heavy atom. The molecule has 32 heavy (non-hydrogen) atoms. The van der Waals surface area contributed by atoms with E-state index in [1.807, 2.05) is 23.1 Å². The van der Waals surface area contributed by atoms with Crippen molar-refractivity contribution in [2.24, 2.45) is 5.92 Å². The molecule has 0 aliphatic carbocycles. The maximum absolute atomic E-state index is 4.41. The Morgan fingerprint density at radius 2 is 1.59 bits per heavy atom. The maximum atomic E-state index is 4.41. The van der Waals surface area contributed by atoms with Crippen LogP contribution in [0.15, 0.2) is 103 Å². The summed E-state index contributed by atoms with van der Waals surface area (Å²) in [7, 11) is 0. The molecule has 0 bridgehead atoms. The summed E-state index contributed by atoms with van der Waals surface area (Å²) < 4.78 is 2.00. The molecule has 162 valence electrons. The van der Waals surface area contributed by atoms with Crippen LogP contribution in [-0.4, -0.2) is 22.9 Å². The summed E-state index contributed by atoms with van der Waals surface area (Å²) in [5.74, 6) is 0.446. The number of aromatic nitrogens is 2. The van der Waals surface area contributed by atoms with Gasteiger partial charge in [0.15, 0.2) is 0 Å². The molecule has 3 atom stereocenters. The smallest absolute Gasteiger partial charge is 0.0604 e. The van der Waals surface area contributed by atoms with Crippen molar-refractivity contribution in [3.63, 3.8) is 0 Å². The molecular formula is C27H29N5. The predicted molar refractivity (Wildman–Crippen MR) is 129 cm³/mol. The van der Waals surface area contributed by atoms with Crippen molar-refractivity contribution < 1.29 is 0 Å². The van der Waals surface area contributed by atoms with Gasteiger partial charge in [-0.3, -0.25) is 10.1 Å². The van der Waals surface area contributed by atoms with Crippen molar-refractivity contribution in [1.29, 1.82) is 0 Å². The van der Waals surface area contributed by atoms with Crippen LogP contribution < -0.4 is 16.2 Å². The first-order chi connectivity index (χ1) is 15.9. The highest BCUT2D eigenvalue weighted by Gasteiger charge is 2.29. The second-order valence-electron chi connectivity index (χ2n) is 8.35. The molecule has 2 heterocycles. The van der Waals surface area contributed by atoms with E-state index in [1.54, 1.807) is 0 Å². The largest absolute Gasteiger partial charge is 0.308 e. The fraction of sp³-hybridized carbons (Fsp3) is 0.222. The molecule has 1 saturated heterocycles. The number of nitrogens with one attached hydrogen (secondary N) is 3. The van der Waals surface area contributed by atoms with Gasteiger partial charge in [-0.15, -0.1) is 0 Å². The first-order valence-corrected chi connectivity index (χ1v) is 11.3. The average molecular weight is 424 g/mol. The van der Waals surface area contributed by atoms with E-state index in [0.717, 1.165) is 19.6 Å². The second kappa shape index (κ2) is 9.92. The fourth-order valence-electron chi connectivity index (χ4n) is 4.46. The van der Waals surface area contributed by atoms with Gasteiger partial charge in [-0.25, -0.2) is 5.43 Å². The van der Waals surface area contributed by atoms with Gasteiger partial charge in [-0.2, -0.15) is 5.10 Å². The lowest BCUT2D eigenvalue weighted by Crippen LogP contribution is -2.33. The van der Waals surface area contributed by atoms with E-state index >= 15 is 0 Å². The Bertz CT molecular complexity index is 1080. The Hall–Kier alpha value is -3.25. The van der Waals surface area contributed by atoms with Gasteiger partial charge in [-0.1, -0.05) is 84.9 Å². The lowest BCUT2D eigenvalue weighted by atomic mass is 9.93. The summed E-state index contributed by atoms with van der Waals surface area (Å²) in [6.45, 7) is 2.65. The zero-order valence-electron chi connectivity index (χ0n) is 18.1. The number of benzene rings is 3. The SMILES string of the molecule is c1ccc(-c2ccc(C3NNCC3CNC(Cn3cccn3)c3ccccc3)cc2)cc1. The molecular weight excluding hydrogens is 394 g/mol. The predicted octanol–water partition coefficient (Wildman–Crippen LogP) is 4.35. The van der Waals surface area contributed by atoms with E-state index in [-0.39, 0.29) is 12.1 Å². The molecule has 0 spiro atoms. The Morgan fingerprint density at radius 3 is 2.31 bits per heavy atom. The summed E-state index contributed by atoms with van der Waals surface area (Å²) in [5.41, 5.74) is 11.9. The molecule has 1 aliphatic rings. The summed E-state index contributed by atoms with van der Waals surface area (Å²) in [4.78, 5) is 0. The molecule has 0 radical (unpaired) electrons. The Kier molecular flexibility index (Phi) is 6.40. The minimum Gasteiger partial charge on any atom is -0.308 e. The van der Waals surface area contributed by atoms with Crippen LogP contribution in [0, 0.1) is 5.92 Å². The van der Waals surface area contributed by atoms with Crippen molar-refractivity contribution in [2.45, 2.75) is 18.6 Å². The molecule has 1 aliphatic heterocycles. The number of rotatable bonds is 8. The molecule has 5 nitrogen and oxygen atoms in total. The molecule has 3 aromatic carbocycles. The van der Waals surface area contributed by atoms with Gasteiger partial charge in [0.25, 0.3) is 0 Å². The summed E-state index contributed by atoms with van der Waals surface area (Å²) in [5, 5.41) is 8.22. The highest BCUT2D eigenvalue weighted by atomic mass is 15.4. The third-order valence-corrected chi connectivity index (χ3v) is 6.23. The van der Waals surface area contributed by atoms with Gasteiger partial charge in [-0.05, 0) is 28.3 Å². The van der Waals surface area contributed by atoms with E-state index in [4.69, 9.17) is 0 Å². The highest BCUT2D eigenvalue weighted by Crippen LogP contribution is 2.28. The third kappa shape index (κ3) is 4.81. The van der Waals surface area contributed by atoms with Gasteiger partial charge in [0.1, 0.15) is 0 Å². The van der Waals surface area contributed by atoms with Crippen LogP contribution in [0.3, 0.4) is 0 Å². The third-order valence-electron chi connectivity index (χ3n) is 6.23. The molecule has 5 rings (SSSR count). The van der Waals surface area contributed by atoms with Crippen LogP contribution in [0.5, 0.6) is 0 Å². The first kappa shape index (κ1) is 20.6. The lowest BCUT2D eigenvalue weighted by Gasteiger charge is -2.24. The van der Waals surface area contributed by atoms with Crippen molar-refractivity contribution >= 4 is 0 Å². The molecule has 4 aromatic rings. The minimum atomic E-state index is 0.206. The maximum Gasteiger partial charge on any atom is 0.0604 e. The Labute approximate surface area is 189 Å². The normalized spacial score (nSPS) is 19.1. The van der Waals surface area contributed by atoms with Gasteiger partial charge in [0.05, 0.1) is 18.6 Å². The van der Waals surface area contributed by atoms with Crippen LogP contribution in [-0.2, 0) is 6.54 Å². The van der Waals surface area contributed by atoms with Crippen molar-refractivity contribution in [3.8, 4) is 11.1 Å². The lowest BCUT2D eigenvalue weighted by molar-refractivity contribution is 0.377. The summed E-state index contributed by atoms with van der Waals surface area (Å²) >= 11 is 0. The average Bonchev–Trinajstić information content (AvgIpc) is 3.55. The molecule has 1 aromatic heterocycles. The Balaban J connectivity index is 1.27. The van der Waals surface area contributed by atoms with E-state index < -0.39 is 0 Å². The van der Waals surface area contributed by atoms with Crippen LogP contribution in [0.1, 0.15) is 23.2 Å². The number of nitrogens with zero attached hydrogens (tertiary/aromatic N) is 2. The number of hydrogen-bond donors (Lipinski definition) is 3. The van der Waals surface area contributed by atoms with E-state index in [0.29, 0.717) is 5.92 Å². The van der Waals surface area contributed by atoms with Crippen molar-refractivity contribution in [1.82, 2.24) is 25.9 Å². The molecule has 3 N–H and O–H groups in total. The summed E-state index contributed by atoms with van der Waals surface area (Å²) in [6, 6.07) is 32.6. The van der Waals surface area contributed by atoms with Crippen LogP contribution >= 0.6 is 0 Å². The zero-order chi connectivity index (χ0) is 21.6. The van der Waals surface area contributed by atoms with Crippen molar-refractivity contribution in [3.05, 3.63) is 115 Å². The number of hydrogen-bond acceptors (Lipinski definition) is 4. The van der Waals surface area contributed by atoms with E-state index in [1.165, 1.54) is 22.3 Å². The quantitative estimate of drug-likeness (QED) is 0.395. The van der Waals surface area contributed by atoms with Crippen LogP contribution in [0.2, 0.25) is 0 Å². The fourth-order valence-corrected chi connectivity index (χ4v) is 4.46. The first-order valence-electron chi connectivity index (χ1n) is 11.3.